The monoisotopic (exact) mass is 287 g/mol. The molecule has 3 unspecified atom stereocenters. The maximum Gasteiger partial charge on any atom is 0.124 e. The number of benzene rings is 1. The van der Waals surface area contributed by atoms with Gasteiger partial charge >= 0.3 is 0 Å². The number of hydrogen-bond donors (Lipinski definition) is 1. The Morgan fingerprint density at radius 1 is 1.29 bits per heavy atom. The summed E-state index contributed by atoms with van der Waals surface area (Å²) in [5, 5.41) is 0. The standard InChI is InChI=1S/C17H25N3O/c1-11-6-5-7-12(2)20(11)13(3)17-18-15-9-8-14(21-4)10-16(15)19-17/h8-13H,5-7H2,1-4H3,(H,18,19). The van der Waals surface area contributed by atoms with Crippen molar-refractivity contribution in [2.45, 2.75) is 58.2 Å². The summed E-state index contributed by atoms with van der Waals surface area (Å²) in [5.74, 6) is 1.92. The molecule has 114 valence electrons. The topological polar surface area (TPSA) is 41.1 Å². The van der Waals surface area contributed by atoms with E-state index in [0.29, 0.717) is 18.1 Å². The summed E-state index contributed by atoms with van der Waals surface area (Å²) < 4.78 is 5.28. The largest absolute Gasteiger partial charge is 0.497 e. The van der Waals surface area contributed by atoms with E-state index >= 15 is 0 Å². The molecular weight excluding hydrogens is 262 g/mol. The van der Waals surface area contributed by atoms with Gasteiger partial charge in [-0.15, -0.1) is 0 Å². The Labute approximate surface area is 126 Å². The first-order valence-electron chi connectivity index (χ1n) is 7.91. The third-order valence-electron chi connectivity index (χ3n) is 4.81. The van der Waals surface area contributed by atoms with E-state index in [4.69, 9.17) is 9.72 Å². The van der Waals surface area contributed by atoms with Crippen molar-refractivity contribution in [1.82, 2.24) is 14.9 Å². The van der Waals surface area contributed by atoms with Crippen molar-refractivity contribution in [3.05, 3.63) is 24.0 Å². The molecule has 0 aliphatic carbocycles. The van der Waals surface area contributed by atoms with Crippen molar-refractivity contribution in [3.63, 3.8) is 0 Å². The number of methoxy groups -OCH3 is 1. The van der Waals surface area contributed by atoms with Crippen molar-refractivity contribution in [1.29, 1.82) is 0 Å². The first kappa shape index (κ1) is 14.4. The van der Waals surface area contributed by atoms with Crippen LogP contribution in [0.25, 0.3) is 11.0 Å². The van der Waals surface area contributed by atoms with E-state index in [9.17, 15) is 0 Å². The van der Waals surface area contributed by atoms with Crippen molar-refractivity contribution < 1.29 is 4.74 Å². The number of nitrogens with one attached hydrogen (secondary N) is 1. The van der Waals surface area contributed by atoms with Crippen LogP contribution in [0, 0.1) is 0 Å². The second-order valence-corrected chi connectivity index (χ2v) is 6.26. The minimum atomic E-state index is 0.314. The van der Waals surface area contributed by atoms with E-state index in [1.165, 1.54) is 19.3 Å². The number of ether oxygens (including phenoxy) is 1. The molecule has 1 N–H and O–H groups in total. The van der Waals surface area contributed by atoms with E-state index in [1.807, 2.05) is 18.2 Å². The number of piperidine rings is 1. The number of nitrogens with zero attached hydrogens (tertiary/aromatic N) is 2. The Bertz CT molecular complexity index is 612. The van der Waals surface area contributed by atoms with Crippen molar-refractivity contribution in [2.24, 2.45) is 0 Å². The molecule has 1 fully saturated rings. The van der Waals surface area contributed by atoms with Gasteiger partial charge in [-0.25, -0.2) is 4.98 Å². The molecule has 1 aromatic heterocycles. The fourth-order valence-corrected chi connectivity index (χ4v) is 3.68. The van der Waals surface area contributed by atoms with Gasteiger partial charge in [-0.1, -0.05) is 6.42 Å². The number of imidazole rings is 1. The summed E-state index contributed by atoms with van der Waals surface area (Å²) >= 11 is 0. The van der Waals surface area contributed by atoms with E-state index < -0.39 is 0 Å². The molecule has 2 heterocycles. The molecule has 3 rings (SSSR count). The molecule has 1 saturated heterocycles. The van der Waals surface area contributed by atoms with Crippen LogP contribution in [0.2, 0.25) is 0 Å². The van der Waals surface area contributed by atoms with Gasteiger partial charge < -0.3 is 9.72 Å². The summed E-state index contributed by atoms with van der Waals surface area (Å²) in [6.45, 7) is 6.92. The van der Waals surface area contributed by atoms with E-state index in [-0.39, 0.29) is 0 Å². The Kier molecular flexibility index (Phi) is 3.89. The van der Waals surface area contributed by atoms with Gasteiger partial charge in [-0.2, -0.15) is 0 Å². The van der Waals surface area contributed by atoms with Gasteiger partial charge in [-0.05, 0) is 45.7 Å². The van der Waals surface area contributed by atoms with Crippen LogP contribution in [0.1, 0.15) is 51.9 Å². The number of likely N-dealkylation sites (tertiary alicyclic amines) is 1. The molecule has 0 radical (unpaired) electrons. The number of hydrogen-bond acceptors (Lipinski definition) is 3. The molecule has 0 amide bonds. The van der Waals surface area contributed by atoms with Crippen molar-refractivity contribution >= 4 is 11.0 Å². The zero-order chi connectivity index (χ0) is 15.0. The highest BCUT2D eigenvalue weighted by Crippen LogP contribution is 2.32. The predicted octanol–water partition coefficient (Wildman–Crippen LogP) is 3.90. The molecule has 3 atom stereocenters. The lowest BCUT2D eigenvalue weighted by Crippen LogP contribution is -2.45. The Balaban J connectivity index is 1.91. The fourth-order valence-electron chi connectivity index (χ4n) is 3.68. The van der Waals surface area contributed by atoms with E-state index in [2.05, 4.69) is 30.7 Å². The minimum absolute atomic E-state index is 0.314. The third kappa shape index (κ3) is 2.64. The van der Waals surface area contributed by atoms with Crippen LogP contribution < -0.4 is 4.74 Å². The number of aromatic amines is 1. The fraction of sp³-hybridized carbons (Fsp3) is 0.588. The number of H-pyrrole nitrogens is 1. The maximum atomic E-state index is 5.28. The average Bonchev–Trinajstić information content (AvgIpc) is 2.89. The van der Waals surface area contributed by atoms with Crippen molar-refractivity contribution in [3.8, 4) is 5.75 Å². The summed E-state index contributed by atoms with van der Waals surface area (Å²) in [5.41, 5.74) is 2.06. The lowest BCUT2D eigenvalue weighted by molar-refractivity contribution is 0.0590. The van der Waals surface area contributed by atoms with Crippen LogP contribution in [0.4, 0.5) is 0 Å². The SMILES string of the molecule is COc1ccc2nc(C(C)N3C(C)CCCC3C)[nH]c2c1. The van der Waals surface area contributed by atoms with Crippen LogP contribution in [-0.4, -0.2) is 34.1 Å². The lowest BCUT2D eigenvalue weighted by atomic mass is 9.95. The van der Waals surface area contributed by atoms with Gasteiger partial charge in [-0.3, -0.25) is 4.90 Å². The van der Waals surface area contributed by atoms with Gasteiger partial charge in [0.1, 0.15) is 11.6 Å². The highest BCUT2D eigenvalue weighted by molar-refractivity contribution is 5.76. The second kappa shape index (κ2) is 5.68. The maximum absolute atomic E-state index is 5.28. The summed E-state index contributed by atoms with van der Waals surface area (Å²) in [7, 11) is 1.69. The smallest absolute Gasteiger partial charge is 0.124 e. The van der Waals surface area contributed by atoms with Gasteiger partial charge in [0.2, 0.25) is 0 Å². The molecule has 21 heavy (non-hydrogen) atoms. The second-order valence-electron chi connectivity index (χ2n) is 6.26. The first-order chi connectivity index (χ1) is 10.1. The lowest BCUT2D eigenvalue weighted by Gasteiger charge is -2.42. The van der Waals surface area contributed by atoms with Gasteiger partial charge in [0.25, 0.3) is 0 Å². The van der Waals surface area contributed by atoms with Gasteiger partial charge in [0, 0.05) is 18.2 Å². The number of aromatic nitrogens is 2. The number of fused-ring (bicyclic) bond motifs is 1. The van der Waals surface area contributed by atoms with Gasteiger partial charge in [0.15, 0.2) is 0 Å². The Hall–Kier alpha value is -1.55. The molecule has 4 heteroatoms. The molecule has 0 spiro atoms. The van der Waals surface area contributed by atoms with Crippen LogP contribution in [-0.2, 0) is 0 Å². The van der Waals surface area contributed by atoms with Gasteiger partial charge in [0.05, 0.1) is 24.2 Å². The summed E-state index contributed by atoms with van der Waals surface area (Å²) in [6, 6.07) is 7.54. The zero-order valence-corrected chi connectivity index (χ0v) is 13.4. The van der Waals surface area contributed by atoms with Crippen LogP contribution in [0.15, 0.2) is 18.2 Å². The molecule has 0 bridgehead atoms. The third-order valence-corrected chi connectivity index (χ3v) is 4.81. The van der Waals surface area contributed by atoms with E-state index in [0.717, 1.165) is 22.6 Å². The molecule has 2 aromatic rings. The van der Waals surface area contributed by atoms with Crippen LogP contribution >= 0.6 is 0 Å². The molecule has 1 aliphatic rings. The normalized spacial score (nSPS) is 25.1. The molecule has 1 aliphatic heterocycles. The van der Waals surface area contributed by atoms with Crippen molar-refractivity contribution in [2.75, 3.05) is 7.11 Å². The highest BCUT2D eigenvalue weighted by atomic mass is 16.5. The Morgan fingerprint density at radius 3 is 2.67 bits per heavy atom. The number of rotatable bonds is 3. The molecule has 4 nitrogen and oxygen atoms in total. The minimum Gasteiger partial charge on any atom is -0.497 e. The highest BCUT2D eigenvalue weighted by Gasteiger charge is 2.30. The quantitative estimate of drug-likeness (QED) is 0.931. The molecule has 0 saturated carbocycles. The first-order valence-corrected chi connectivity index (χ1v) is 7.91. The summed E-state index contributed by atoms with van der Waals surface area (Å²) in [4.78, 5) is 10.9. The predicted molar refractivity (Wildman–Crippen MR) is 85.7 cm³/mol. The zero-order valence-electron chi connectivity index (χ0n) is 13.4. The summed E-state index contributed by atoms with van der Waals surface area (Å²) in [6.07, 6.45) is 3.90. The molecular formula is C17H25N3O. The van der Waals surface area contributed by atoms with E-state index in [1.54, 1.807) is 7.11 Å². The average molecular weight is 287 g/mol. The molecule has 1 aromatic carbocycles. The van der Waals surface area contributed by atoms with Crippen LogP contribution in [0.5, 0.6) is 5.75 Å². The van der Waals surface area contributed by atoms with Crippen LogP contribution in [0.3, 0.4) is 0 Å². The Morgan fingerprint density at radius 2 is 2.00 bits per heavy atom.